The van der Waals surface area contributed by atoms with Gasteiger partial charge in [-0.15, -0.1) is 0 Å². The Labute approximate surface area is 140 Å². The molecule has 0 saturated carbocycles. The van der Waals surface area contributed by atoms with Crippen LogP contribution >= 0.6 is 0 Å². The highest BCUT2D eigenvalue weighted by Crippen LogP contribution is 2.25. The third-order valence-corrected chi connectivity index (χ3v) is 3.70. The molecule has 2 rings (SSSR count). The molecule has 2 aromatic carbocycles. The number of benzene rings is 2. The summed E-state index contributed by atoms with van der Waals surface area (Å²) in [7, 11) is 0. The number of nitrogens with zero attached hydrogens (tertiary/aromatic N) is 1. The van der Waals surface area contributed by atoms with E-state index in [-0.39, 0.29) is 18.3 Å². The first kappa shape index (κ1) is 17.6. The Morgan fingerprint density at radius 1 is 1.29 bits per heavy atom. The van der Waals surface area contributed by atoms with Crippen LogP contribution in [0, 0.1) is 17.1 Å². The van der Waals surface area contributed by atoms with Gasteiger partial charge in [0, 0.05) is 5.56 Å². The molecule has 0 aliphatic carbocycles. The van der Waals surface area contributed by atoms with Crippen molar-refractivity contribution >= 4 is 5.97 Å². The van der Waals surface area contributed by atoms with E-state index in [0.29, 0.717) is 11.1 Å². The van der Waals surface area contributed by atoms with Crippen LogP contribution in [-0.4, -0.2) is 11.1 Å². The van der Waals surface area contributed by atoms with Gasteiger partial charge in [0.1, 0.15) is 5.82 Å². The minimum absolute atomic E-state index is 0.0520. The maximum Gasteiger partial charge on any atom is 0.335 e. The third-order valence-electron chi connectivity index (χ3n) is 3.70. The van der Waals surface area contributed by atoms with Gasteiger partial charge in [-0.25, -0.2) is 9.18 Å². The summed E-state index contributed by atoms with van der Waals surface area (Å²) >= 11 is 0. The minimum atomic E-state index is -1.16. The highest BCUT2D eigenvalue weighted by atomic mass is 19.1. The number of carboxylic acid groups (broad SMARTS) is 1. The van der Waals surface area contributed by atoms with Crippen LogP contribution in [0.5, 0.6) is 0 Å². The summed E-state index contributed by atoms with van der Waals surface area (Å²) in [6, 6.07) is 13.0. The molecule has 2 aromatic rings. The molecule has 0 fully saturated rings. The van der Waals surface area contributed by atoms with Crippen LogP contribution < -0.4 is 0 Å². The molecule has 0 aliphatic heterocycles. The van der Waals surface area contributed by atoms with E-state index in [0.717, 1.165) is 24.5 Å². The summed E-state index contributed by atoms with van der Waals surface area (Å²) in [6.07, 6.45) is 1.45. The van der Waals surface area contributed by atoms with E-state index in [1.54, 1.807) is 12.1 Å². The topological polar surface area (TPSA) is 70.3 Å². The van der Waals surface area contributed by atoms with Crippen molar-refractivity contribution in [1.29, 1.82) is 5.26 Å². The molecule has 0 bridgehead atoms. The Hall–Kier alpha value is -2.71. The van der Waals surface area contributed by atoms with Gasteiger partial charge >= 0.3 is 5.97 Å². The van der Waals surface area contributed by atoms with Gasteiger partial charge < -0.3 is 9.84 Å². The average molecular weight is 327 g/mol. The summed E-state index contributed by atoms with van der Waals surface area (Å²) in [6.45, 7) is 2.08. The molecule has 0 saturated heterocycles. The van der Waals surface area contributed by atoms with Gasteiger partial charge in [0.2, 0.25) is 0 Å². The van der Waals surface area contributed by atoms with Crippen molar-refractivity contribution in [2.45, 2.75) is 32.5 Å². The van der Waals surface area contributed by atoms with Gasteiger partial charge in [-0.1, -0.05) is 31.5 Å². The number of carbonyl (C=O) groups is 1. The van der Waals surface area contributed by atoms with Crippen LogP contribution in [-0.2, 0) is 11.3 Å². The number of halogens is 1. The number of hydrogen-bond acceptors (Lipinski definition) is 3. The average Bonchev–Trinajstić information content (AvgIpc) is 2.59. The fourth-order valence-electron chi connectivity index (χ4n) is 2.37. The Morgan fingerprint density at radius 3 is 2.54 bits per heavy atom. The molecular weight excluding hydrogens is 309 g/mol. The maximum absolute atomic E-state index is 14.0. The first-order chi connectivity index (χ1) is 11.5. The molecule has 0 heterocycles. The molecule has 1 unspecified atom stereocenters. The van der Waals surface area contributed by atoms with Gasteiger partial charge in [-0.3, -0.25) is 0 Å². The van der Waals surface area contributed by atoms with E-state index in [2.05, 4.69) is 6.07 Å². The van der Waals surface area contributed by atoms with Gasteiger partial charge in [-0.2, -0.15) is 5.26 Å². The zero-order valence-electron chi connectivity index (χ0n) is 13.3. The third kappa shape index (κ3) is 4.40. The van der Waals surface area contributed by atoms with Crippen molar-refractivity contribution in [3.05, 3.63) is 70.5 Å². The lowest BCUT2D eigenvalue weighted by Gasteiger charge is -2.18. The Kier molecular flexibility index (Phi) is 6.05. The summed E-state index contributed by atoms with van der Waals surface area (Å²) in [5.74, 6) is -1.76. The number of ether oxygens (including phenoxy) is 1. The number of aromatic carboxylic acids is 1. The van der Waals surface area contributed by atoms with Crippen molar-refractivity contribution in [3.63, 3.8) is 0 Å². The molecular formula is C19H18FNO3. The number of rotatable bonds is 7. The van der Waals surface area contributed by atoms with E-state index in [1.807, 2.05) is 19.1 Å². The fraction of sp³-hybridized carbons (Fsp3) is 0.263. The van der Waals surface area contributed by atoms with E-state index < -0.39 is 11.8 Å². The van der Waals surface area contributed by atoms with Gasteiger partial charge in [0.05, 0.1) is 29.9 Å². The second-order valence-electron chi connectivity index (χ2n) is 5.43. The number of hydrogen-bond donors (Lipinski definition) is 1. The van der Waals surface area contributed by atoms with E-state index in [1.165, 1.54) is 12.1 Å². The Morgan fingerprint density at radius 2 is 2.00 bits per heavy atom. The zero-order chi connectivity index (χ0) is 17.5. The molecule has 0 spiro atoms. The fourth-order valence-corrected chi connectivity index (χ4v) is 2.37. The van der Waals surface area contributed by atoms with Crippen LogP contribution in [0.4, 0.5) is 4.39 Å². The Bertz CT molecular complexity index is 750. The molecule has 0 radical (unpaired) electrons. The van der Waals surface area contributed by atoms with Crippen LogP contribution in [0.2, 0.25) is 0 Å². The molecule has 1 N–H and O–H groups in total. The normalized spacial score (nSPS) is 11.7. The van der Waals surface area contributed by atoms with Gasteiger partial charge in [0.25, 0.3) is 0 Å². The molecule has 5 heteroatoms. The van der Waals surface area contributed by atoms with Crippen LogP contribution in [0.15, 0.2) is 42.5 Å². The summed E-state index contributed by atoms with van der Waals surface area (Å²) in [5.41, 5.74) is 1.73. The van der Waals surface area contributed by atoms with E-state index in [9.17, 15) is 9.18 Å². The van der Waals surface area contributed by atoms with Crippen molar-refractivity contribution in [1.82, 2.24) is 0 Å². The standard InChI is InChI=1S/C19H18FNO3/c1-2-3-18(14-6-4-13(11-21)5-7-14)24-12-16-9-8-15(19(22)23)10-17(16)20/h4-10,18H,2-3,12H2,1H3,(H,22,23). The number of nitriles is 1. The molecule has 24 heavy (non-hydrogen) atoms. The second-order valence-corrected chi connectivity index (χ2v) is 5.43. The van der Waals surface area contributed by atoms with Crippen molar-refractivity contribution in [2.75, 3.05) is 0 Å². The molecule has 4 nitrogen and oxygen atoms in total. The van der Waals surface area contributed by atoms with Gasteiger partial charge in [0.15, 0.2) is 0 Å². The SMILES string of the molecule is CCCC(OCc1ccc(C(=O)O)cc1F)c1ccc(C#N)cc1. The largest absolute Gasteiger partial charge is 0.478 e. The summed E-state index contributed by atoms with van der Waals surface area (Å²) < 4.78 is 19.8. The Balaban J connectivity index is 2.11. The smallest absolute Gasteiger partial charge is 0.335 e. The van der Waals surface area contributed by atoms with Crippen molar-refractivity contribution in [2.24, 2.45) is 0 Å². The molecule has 0 aliphatic rings. The van der Waals surface area contributed by atoms with E-state index in [4.69, 9.17) is 15.1 Å². The first-order valence-corrected chi connectivity index (χ1v) is 7.68. The summed E-state index contributed by atoms with van der Waals surface area (Å²) in [5, 5.41) is 17.7. The van der Waals surface area contributed by atoms with Crippen LogP contribution in [0.3, 0.4) is 0 Å². The van der Waals surface area contributed by atoms with Crippen molar-refractivity contribution in [3.8, 4) is 6.07 Å². The number of carboxylic acids is 1. The van der Waals surface area contributed by atoms with E-state index >= 15 is 0 Å². The van der Waals surface area contributed by atoms with Crippen molar-refractivity contribution < 1.29 is 19.0 Å². The predicted molar refractivity (Wildman–Crippen MR) is 87.0 cm³/mol. The lowest BCUT2D eigenvalue weighted by atomic mass is 10.0. The second kappa shape index (κ2) is 8.23. The highest BCUT2D eigenvalue weighted by Gasteiger charge is 2.14. The highest BCUT2D eigenvalue weighted by molar-refractivity contribution is 5.87. The molecule has 0 amide bonds. The maximum atomic E-state index is 14.0. The monoisotopic (exact) mass is 327 g/mol. The lowest BCUT2D eigenvalue weighted by Crippen LogP contribution is -2.06. The van der Waals surface area contributed by atoms with Crippen LogP contribution in [0.25, 0.3) is 0 Å². The van der Waals surface area contributed by atoms with Crippen LogP contribution in [0.1, 0.15) is 52.9 Å². The molecule has 1 atom stereocenters. The zero-order valence-corrected chi connectivity index (χ0v) is 13.3. The minimum Gasteiger partial charge on any atom is -0.478 e. The molecule has 0 aromatic heterocycles. The molecule has 124 valence electrons. The summed E-state index contributed by atoms with van der Waals surface area (Å²) in [4.78, 5) is 10.8. The van der Waals surface area contributed by atoms with Gasteiger partial charge in [-0.05, 0) is 36.2 Å². The predicted octanol–water partition coefficient (Wildman–Crippen LogP) is 4.45. The first-order valence-electron chi connectivity index (χ1n) is 7.68. The quantitative estimate of drug-likeness (QED) is 0.815. The lowest BCUT2D eigenvalue weighted by molar-refractivity contribution is 0.0318.